The lowest BCUT2D eigenvalue weighted by Crippen LogP contribution is -2.21. The molecule has 0 aliphatic rings. The van der Waals surface area contributed by atoms with Crippen molar-refractivity contribution in [3.05, 3.63) is 29.3 Å². The Morgan fingerprint density at radius 3 is 2.75 bits per heavy atom. The van der Waals surface area contributed by atoms with Gasteiger partial charge in [0.15, 0.2) is 0 Å². The van der Waals surface area contributed by atoms with E-state index in [1.165, 1.54) is 0 Å². The average molecular weight is 278 g/mol. The standard InChI is InChI=1S/C16H26N2O2/c1-12(2)10-18-11-14-7-5-6-13(3)16(14)20-9-8-15(19)17-4/h5-7,12,18H,8-11H2,1-4H3,(H,17,19). The molecule has 0 heterocycles. The predicted molar refractivity (Wildman–Crippen MR) is 81.9 cm³/mol. The second kappa shape index (κ2) is 8.59. The van der Waals surface area contributed by atoms with E-state index >= 15 is 0 Å². The van der Waals surface area contributed by atoms with Gasteiger partial charge in [0.1, 0.15) is 5.75 Å². The Balaban J connectivity index is 2.60. The molecule has 0 aliphatic heterocycles. The molecule has 0 bridgehead atoms. The summed E-state index contributed by atoms with van der Waals surface area (Å²) in [6.07, 6.45) is 0.379. The maximum atomic E-state index is 11.2. The number of carbonyl (C=O) groups excluding carboxylic acids is 1. The Morgan fingerprint density at radius 1 is 1.35 bits per heavy atom. The van der Waals surface area contributed by atoms with E-state index < -0.39 is 0 Å². The molecule has 0 radical (unpaired) electrons. The Morgan fingerprint density at radius 2 is 2.10 bits per heavy atom. The van der Waals surface area contributed by atoms with Gasteiger partial charge in [-0.1, -0.05) is 32.0 Å². The third kappa shape index (κ3) is 5.61. The van der Waals surface area contributed by atoms with Crippen molar-refractivity contribution in [2.24, 2.45) is 5.92 Å². The van der Waals surface area contributed by atoms with Gasteiger partial charge in [0.05, 0.1) is 13.0 Å². The first-order chi connectivity index (χ1) is 9.54. The quantitative estimate of drug-likeness (QED) is 0.767. The van der Waals surface area contributed by atoms with Crippen LogP contribution in [0.15, 0.2) is 18.2 Å². The summed E-state index contributed by atoms with van der Waals surface area (Å²) in [4.78, 5) is 11.2. The Labute approximate surface area is 121 Å². The van der Waals surface area contributed by atoms with Gasteiger partial charge in [0, 0.05) is 19.2 Å². The zero-order valence-corrected chi connectivity index (χ0v) is 13.0. The van der Waals surface area contributed by atoms with Crippen LogP contribution in [0.5, 0.6) is 5.75 Å². The number of amides is 1. The molecule has 0 fully saturated rings. The number of nitrogens with one attached hydrogen (secondary N) is 2. The second-order valence-corrected chi connectivity index (χ2v) is 5.36. The fraction of sp³-hybridized carbons (Fsp3) is 0.562. The molecule has 112 valence electrons. The summed E-state index contributed by atoms with van der Waals surface area (Å²) < 4.78 is 5.80. The van der Waals surface area contributed by atoms with Crippen molar-refractivity contribution < 1.29 is 9.53 Å². The summed E-state index contributed by atoms with van der Waals surface area (Å²) in [5, 5.41) is 6.02. The van der Waals surface area contributed by atoms with Crippen molar-refractivity contribution in [2.45, 2.75) is 33.7 Å². The molecule has 0 saturated carbocycles. The Hall–Kier alpha value is -1.55. The lowest BCUT2D eigenvalue weighted by molar-refractivity contribution is -0.121. The summed E-state index contributed by atoms with van der Waals surface area (Å²) in [7, 11) is 1.64. The summed E-state index contributed by atoms with van der Waals surface area (Å²) in [6.45, 7) is 8.57. The highest BCUT2D eigenvalue weighted by molar-refractivity contribution is 5.75. The van der Waals surface area contributed by atoms with Crippen LogP contribution in [0.3, 0.4) is 0 Å². The average Bonchev–Trinajstić information content (AvgIpc) is 2.41. The number of hydrogen-bond acceptors (Lipinski definition) is 3. The zero-order valence-electron chi connectivity index (χ0n) is 13.0. The monoisotopic (exact) mass is 278 g/mol. The van der Waals surface area contributed by atoms with E-state index in [9.17, 15) is 4.79 Å². The number of benzene rings is 1. The first-order valence-electron chi connectivity index (χ1n) is 7.17. The summed E-state index contributed by atoms with van der Waals surface area (Å²) >= 11 is 0. The van der Waals surface area contributed by atoms with Crippen LogP contribution in [0.4, 0.5) is 0 Å². The molecule has 1 amide bonds. The molecular formula is C16H26N2O2. The van der Waals surface area contributed by atoms with Crippen LogP contribution in [0, 0.1) is 12.8 Å². The van der Waals surface area contributed by atoms with Gasteiger partial charge >= 0.3 is 0 Å². The van der Waals surface area contributed by atoms with E-state index in [1.54, 1.807) is 7.05 Å². The molecule has 0 aliphatic carbocycles. The van der Waals surface area contributed by atoms with Crippen LogP contribution in [0.2, 0.25) is 0 Å². The third-order valence-corrected chi connectivity index (χ3v) is 3.02. The van der Waals surface area contributed by atoms with Gasteiger partial charge in [-0.2, -0.15) is 0 Å². The Bertz CT molecular complexity index is 430. The van der Waals surface area contributed by atoms with Crippen molar-refractivity contribution in [1.82, 2.24) is 10.6 Å². The molecule has 20 heavy (non-hydrogen) atoms. The smallest absolute Gasteiger partial charge is 0.223 e. The molecule has 0 atom stereocenters. The predicted octanol–water partition coefficient (Wildman–Crippen LogP) is 2.26. The molecule has 4 heteroatoms. The largest absolute Gasteiger partial charge is 0.492 e. The second-order valence-electron chi connectivity index (χ2n) is 5.36. The normalized spacial score (nSPS) is 10.7. The minimum absolute atomic E-state index is 0.00179. The van der Waals surface area contributed by atoms with Gasteiger partial charge in [-0.25, -0.2) is 0 Å². The van der Waals surface area contributed by atoms with Gasteiger partial charge in [-0.05, 0) is 24.9 Å². The number of aryl methyl sites for hydroxylation is 1. The molecule has 1 aromatic rings. The minimum atomic E-state index is -0.00179. The first-order valence-corrected chi connectivity index (χ1v) is 7.17. The highest BCUT2D eigenvalue weighted by Crippen LogP contribution is 2.23. The first kappa shape index (κ1) is 16.5. The van der Waals surface area contributed by atoms with Crippen LogP contribution in [-0.2, 0) is 11.3 Å². The van der Waals surface area contributed by atoms with E-state index in [0.29, 0.717) is 18.9 Å². The van der Waals surface area contributed by atoms with Crippen LogP contribution in [0.25, 0.3) is 0 Å². The molecule has 0 unspecified atom stereocenters. The Kier molecular flexibility index (Phi) is 7.09. The van der Waals surface area contributed by atoms with Crippen LogP contribution >= 0.6 is 0 Å². The molecule has 0 aromatic heterocycles. The number of para-hydroxylation sites is 1. The topological polar surface area (TPSA) is 50.4 Å². The van der Waals surface area contributed by atoms with Gasteiger partial charge < -0.3 is 15.4 Å². The number of hydrogen-bond donors (Lipinski definition) is 2. The molecular weight excluding hydrogens is 252 g/mol. The number of ether oxygens (including phenoxy) is 1. The fourth-order valence-electron chi connectivity index (χ4n) is 1.93. The maximum absolute atomic E-state index is 11.2. The van der Waals surface area contributed by atoms with Crippen molar-refractivity contribution in [3.8, 4) is 5.75 Å². The van der Waals surface area contributed by atoms with Crippen molar-refractivity contribution in [3.63, 3.8) is 0 Å². The van der Waals surface area contributed by atoms with Gasteiger partial charge in [0.2, 0.25) is 5.91 Å². The van der Waals surface area contributed by atoms with Gasteiger partial charge in [0.25, 0.3) is 0 Å². The summed E-state index contributed by atoms with van der Waals surface area (Å²) in [6, 6.07) is 6.13. The van der Waals surface area contributed by atoms with Crippen LogP contribution < -0.4 is 15.4 Å². The number of rotatable bonds is 8. The number of carbonyl (C=O) groups is 1. The van der Waals surface area contributed by atoms with E-state index in [4.69, 9.17) is 4.74 Å². The van der Waals surface area contributed by atoms with Crippen LogP contribution in [-0.4, -0.2) is 26.1 Å². The van der Waals surface area contributed by atoms with Crippen LogP contribution in [0.1, 0.15) is 31.4 Å². The van der Waals surface area contributed by atoms with Crippen molar-refractivity contribution >= 4 is 5.91 Å². The molecule has 1 rings (SSSR count). The lowest BCUT2D eigenvalue weighted by atomic mass is 10.1. The van der Waals surface area contributed by atoms with Crippen molar-refractivity contribution in [2.75, 3.05) is 20.2 Å². The molecule has 0 spiro atoms. The summed E-state index contributed by atoms with van der Waals surface area (Å²) in [5.41, 5.74) is 2.24. The molecule has 1 aromatic carbocycles. The highest BCUT2D eigenvalue weighted by Gasteiger charge is 2.08. The minimum Gasteiger partial charge on any atom is -0.492 e. The summed E-state index contributed by atoms with van der Waals surface area (Å²) in [5.74, 6) is 1.52. The van der Waals surface area contributed by atoms with Gasteiger partial charge in [-0.15, -0.1) is 0 Å². The molecule has 2 N–H and O–H groups in total. The molecule has 0 saturated heterocycles. The zero-order chi connectivity index (χ0) is 15.0. The van der Waals surface area contributed by atoms with Crippen molar-refractivity contribution in [1.29, 1.82) is 0 Å². The molecule has 4 nitrogen and oxygen atoms in total. The van der Waals surface area contributed by atoms with Gasteiger partial charge in [-0.3, -0.25) is 4.79 Å². The van der Waals surface area contributed by atoms with E-state index in [-0.39, 0.29) is 5.91 Å². The maximum Gasteiger partial charge on any atom is 0.223 e. The van der Waals surface area contributed by atoms with E-state index in [1.807, 2.05) is 19.1 Å². The third-order valence-electron chi connectivity index (χ3n) is 3.02. The highest BCUT2D eigenvalue weighted by atomic mass is 16.5. The SMILES string of the molecule is CNC(=O)CCOc1c(C)cccc1CNCC(C)C. The fourth-order valence-corrected chi connectivity index (χ4v) is 1.93. The van der Waals surface area contributed by atoms with E-state index in [2.05, 4.69) is 30.5 Å². The lowest BCUT2D eigenvalue weighted by Gasteiger charge is -2.15. The van der Waals surface area contributed by atoms with E-state index in [0.717, 1.165) is 30.0 Å².